The Morgan fingerprint density at radius 2 is 1.43 bits per heavy atom. The van der Waals surface area contributed by atoms with Crippen molar-refractivity contribution in [3.63, 3.8) is 0 Å². The number of esters is 2. The van der Waals surface area contributed by atoms with Crippen LogP contribution in [-0.4, -0.2) is 76.1 Å². The number of aromatic hydroxyl groups is 1. The summed E-state index contributed by atoms with van der Waals surface area (Å²) in [6, 6.07) is 18.7. The number of carbonyl (C=O) groups is 4. The molecule has 1 aliphatic carbocycles. The molecule has 0 saturated heterocycles. The second kappa shape index (κ2) is 12.6. The summed E-state index contributed by atoms with van der Waals surface area (Å²) in [4.78, 5) is 53.4. The average Bonchev–Trinajstić information content (AvgIpc) is 3.04. The average molecular weight is 637 g/mol. The number of ketones is 1. The Morgan fingerprint density at radius 3 is 2.04 bits per heavy atom. The zero-order valence-corrected chi connectivity index (χ0v) is 27.7. The fourth-order valence-corrected chi connectivity index (χ4v) is 9.11. The van der Waals surface area contributed by atoms with E-state index in [4.69, 9.17) is 9.47 Å². The third-order valence-electron chi connectivity index (χ3n) is 8.63. The normalized spacial score (nSPS) is 14.6. The number of allylic oxidation sites excluding steroid dienone is 5. The molecule has 5 rings (SSSR count). The van der Waals surface area contributed by atoms with Crippen molar-refractivity contribution in [2.45, 2.75) is 20.0 Å². The minimum atomic E-state index is -2.36. The zero-order chi connectivity index (χ0) is 33.3. The van der Waals surface area contributed by atoms with Crippen molar-refractivity contribution < 1.29 is 33.8 Å². The number of benzene rings is 3. The fourth-order valence-electron chi connectivity index (χ4n) is 6.04. The van der Waals surface area contributed by atoms with Crippen molar-refractivity contribution in [2.75, 3.05) is 39.3 Å². The van der Waals surface area contributed by atoms with E-state index < -0.39 is 39.0 Å². The molecular formula is C36H36N2O7Si. The highest BCUT2D eigenvalue weighted by molar-refractivity contribution is 6.98. The number of ether oxygens (including phenoxy) is 2. The van der Waals surface area contributed by atoms with Crippen LogP contribution in [0.15, 0.2) is 89.7 Å². The summed E-state index contributed by atoms with van der Waals surface area (Å²) in [5.74, 6) is -1.67. The monoisotopic (exact) mass is 636 g/mol. The molecule has 0 unspecified atom stereocenters. The highest BCUT2D eigenvalue weighted by atomic mass is 28.3. The minimum absolute atomic E-state index is 0.0477. The lowest BCUT2D eigenvalue weighted by molar-refractivity contribution is -0.144. The maximum absolute atomic E-state index is 13.5. The number of phenolic OH excluding ortho intramolecular Hbond substituents is 1. The number of rotatable bonds is 8. The molecule has 3 aromatic rings. The number of hydrogen-bond acceptors (Lipinski definition) is 8. The molecule has 10 heteroatoms. The predicted octanol–water partition coefficient (Wildman–Crippen LogP) is 4.59. The lowest BCUT2D eigenvalue weighted by atomic mass is 9.87. The lowest BCUT2D eigenvalue weighted by Gasteiger charge is -2.38. The van der Waals surface area contributed by atoms with Crippen LogP contribution in [0.1, 0.15) is 27.0 Å². The first kappa shape index (κ1) is 32.2. The Hall–Kier alpha value is -5.22. The van der Waals surface area contributed by atoms with Crippen LogP contribution in [0.4, 0.5) is 11.4 Å². The van der Waals surface area contributed by atoms with E-state index in [1.54, 1.807) is 36.4 Å². The van der Waals surface area contributed by atoms with Crippen LogP contribution in [0, 0.1) is 6.92 Å². The SMILES string of the molecule is COC(=O)CN(CC(=O)OC)C(=O)c1ccc(C2=C3C=CC(=O)C=C3[Si](C)(C)c3cc(N(C)c4ccc(O)cc4)ccc32)c(C)c1. The van der Waals surface area contributed by atoms with Crippen LogP contribution in [0.25, 0.3) is 5.57 Å². The lowest BCUT2D eigenvalue weighted by Crippen LogP contribution is -2.49. The highest BCUT2D eigenvalue weighted by Gasteiger charge is 2.40. The van der Waals surface area contributed by atoms with E-state index in [0.717, 1.165) is 49.3 Å². The molecule has 0 atom stereocenters. The van der Waals surface area contributed by atoms with E-state index >= 15 is 0 Å². The molecule has 3 aromatic carbocycles. The van der Waals surface area contributed by atoms with E-state index in [1.165, 1.54) is 19.4 Å². The number of hydrogen-bond donors (Lipinski definition) is 1. The third-order valence-corrected chi connectivity index (χ3v) is 12.1. The van der Waals surface area contributed by atoms with Gasteiger partial charge in [0.25, 0.3) is 5.91 Å². The van der Waals surface area contributed by atoms with E-state index in [1.807, 2.05) is 38.2 Å². The van der Waals surface area contributed by atoms with Crippen LogP contribution in [-0.2, 0) is 23.9 Å². The van der Waals surface area contributed by atoms with Gasteiger partial charge in [0.2, 0.25) is 0 Å². The van der Waals surface area contributed by atoms with Crippen molar-refractivity contribution in [2.24, 2.45) is 0 Å². The molecule has 1 amide bonds. The molecule has 0 saturated carbocycles. The molecule has 0 bridgehead atoms. The molecule has 0 fully saturated rings. The van der Waals surface area contributed by atoms with Crippen molar-refractivity contribution in [3.8, 4) is 5.75 Å². The number of methoxy groups -OCH3 is 2. The Labute approximate surface area is 269 Å². The smallest absolute Gasteiger partial charge is 0.325 e. The number of carbonyl (C=O) groups excluding carboxylic acids is 4. The van der Waals surface area contributed by atoms with Crippen LogP contribution < -0.4 is 10.1 Å². The summed E-state index contributed by atoms with van der Waals surface area (Å²) in [7, 11) is 2.05. The maximum atomic E-state index is 13.5. The summed E-state index contributed by atoms with van der Waals surface area (Å²) in [5.41, 5.74) is 6.93. The summed E-state index contributed by atoms with van der Waals surface area (Å²) in [5, 5.41) is 12.0. The standard InChI is InChI=1S/C36H36N2O7Si/c1-22-17-23(36(43)38(20-33(41)44-3)21-34(42)45-4)7-14-28(22)35-29-15-10-25(37(2)24-8-11-26(39)12-9-24)18-31(29)46(5,6)32-19-27(40)13-16-30(32)35/h7-19,39H,20-21H2,1-6H3. The number of aryl methyl sites for hydroxylation is 1. The van der Waals surface area contributed by atoms with Crippen LogP contribution in [0.2, 0.25) is 13.1 Å². The van der Waals surface area contributed by atoms with Gasteiger partial charge in [-0.15, -0.1) is 0 Å². The van der Waals surface area contributed by atoms with Gasteiger partial charge >= 0.3 is 11.9 Å². The van der Waals surface area contributed by atoms with Crippen molar-refractivity contribution in [1.82, 2.24) is 4.90 Å². The van der Waals surface area contributed by atoms with Gasteiger partial charge in [-0.2, -0.15) is 0 Å². The number of anilines is 2. The molecule has 1 aliphatic heterocycles. The number of phenols is 1. The molecule has 46 heavy (non-hydrogen) atoms. The van der Waals surface area contributed by atoms with Crippen molar-refractivity contribution >= 4 is 53.8 Å². The summed E-state index contributed by atoms with van der Waals surface area (Å²) >= 11 is 0. The Morgan fingerprint density at radius 1 is 0.826 bits per heavy atom. The van der Waals surface area contributed by atoms with Gasteiger partial charge < -0.3 is 24.4 Å². The molecule has 1 heterocycles. The molecule has 0 radical (unpaired) electrons. The van der Waals surface area contributed by atoms with Gasteiger partial charge in [0.15, 0.2) is 5.78 Å². The zero-order valence-electron chi connectivity index (χ0n) is 26.7. The topological polar surface area (TPSA) is 113 Å². The van der Waals surface area contributed by atoms with Crippen LogP contribution in [0.3, 0.4) is 0 Å². The van der Waals surface area contributed by atoms with Crippen molar-refractivity contribution in [3.05, 3.63) is 112 Å². The van der Waals surface area contributed by atoms with E-state index in [9.17, 15) is 24.3 Å². The Balaban J connectivity index is 1.61. The first-order valence-corrected chi connectivity index (χ1v) is 17.8. The van der Waals surface area contributed by atoms with Gasteiger partial charge in [-0.05, 0) is 106 Å². The molecule has 0 aromatic heterocycles. The maximum Gasteiger partial charge on any atom is 0.325 e. The van der Waals surface area contributed by atoms with Gasteiger partial charge in [-0.25, -0.2) is 0 Å². The third kappa shape index (κ3) is 6.03. The van der Waals surface area contributed by atoms with Gasteiger partial charge in [0.1, 0.15) is 26.9 Å². The quantitative estimate of drug-likeness (QED) is 0.282. The summed E-state index contributed by atoms with van der Waals surface area (Å²) in [6.45, 7) is 5.60. The molecule has 2 aliphatic rings. The summed E-state index contributed by atoms with van der Waals surface area (Å²) < 4.78 is 9.46. The van der Waals surface area contributed by atoms with Gasteiger partial charge in [0.05, 0.1) is 14.2 Å². The second-order valence-corrected chi connectivity index (χ2v) is 16.2. The summed E-state index contributed by atoms with van der Waals surface area (Å²) in [6.07, 6.45) is 5.24. The fraction of sp³-hybridized carbons (Fsp3) is 0.222. The molecular weight excluding hydrogens is 600 g/mol. The van der Waals surface area contributed by atoms with Gasteiger partial charge in [-0.3, -0.25) is 19.2 Å². The molecule has 0 spiro atoms. The first-order valence-electron chi connectivity index (χ1n) is 14.8. The van der Waals surface area contributed by atoms with E-state index in [2.05, 4.69) is 36.2 Å². The van der Waals surface area contributed by atoms with Crippen LogP contribution in [0.5, 0.6) is 5.75 Å². The van der Waals surface area contributed by atoms with Gasteiger partial charge in [-0.1, -0.05) is 31.3 Å². The van der Waals surface area contributed by atoms with Gasteiger partial charge in [0, 0.05) is 24.0 Å². The largest absolute Gasteiger partial charge is 0.508 e. The predicted molar refractivity (Wildman–Crippen MR) is 179 cm³/mol. The second-order valence-electron chi connectivity index (χ2n) is 11.9. The molecule has 1 N–H and O–H groups in total. The Bertz CT molecular complexity index is 1840. The minimum Gasteiger partial charge on any atom is -0.508 e. The van der Waals surface area contributed by atoms with Crippen molar-refractivity contribution in [1.29, 1.82) is 0 Å². The van der Waals surface area contributed by atoms with E-state index in [-0.39, 0.29) is 11.5 Å². The number of fused-ring (bicyclic) bond motifs is 2. The molecule has 9 nitrogen and oxygen atoms in total. The number of nitrogens with zero attached hydrogens (tertiary/aromatic N) is 2. The molecule has 236 valence electrons. The first-order chi connectivity index (χ1) is 21.8. The van der Waals surface area contributed by atoms with E-state index in [0.29, 0.717) is 5.56 Å². The highest BCUT2D eigenvalue weighted by Crippen LogP contribution is 2.43. The number of amides is 1. The van der Waals surface area contributed by atoms with Crippen LogP contribution >= 0.6 is 0 Å². The Kier molecular flexibility index (Phi) is 8.85.